The molecule has 0 atom stereocenters. The molecule has 1 saturated carbocycles. The van der Waals surface area contributed by atoms with E-state index in [1.165, 1.54) is 24.2 Å². The van der Waals surface area contributed by atoms with Gasteiger partial charge in [0, 0.05) is 23.7 Å². The van der Waals surface area contributed by atoms with Crippen molar-refractivity contribution in [1.82, 2.24) is 20.1 Å². The van der Waals surface area contributed by atoms with Gasteiger partial charge in [0.05, 0.1) is 5.69 Å². The molecule has 2 N–H and O–H groups in total. The van der Waals surface area contributed by atoms with Gasteiger partial charge in [-0.2, -0.15) is 5.10 Å². The van der Waals surface area contributed by atoms with Gasteiger partial charge in [0.25, 0.3) is 5.91 Å². The Morgan fingerprint density at radius 1 is 1.39 bits per heavy atom. The first kappa shape index (κ1) is 16.4. The third kappa shape index (κ3) is 3.13. The SMILES string of the molecule is Cl.O=C(Nc1nc(C2CC2)cs1)C1(n2cccn2)CCNCC1. The molecular weight excluding hydrogens is 334 g/mol. The molecule has 3 heterocycles. The van der Waals surface area contributed by atoms with Gasteiger partial charge < -0.3 is 5.32 Å². The lowest BCUT2D eigenvalue weighted by Gasteiger charge is -2.36. The Morgan fingerprint density at radius 3 is 2.83 bits per heavy atom. The monoisotopic (exact) mass is 353 g/mol. The van der Waals surface area contributed by atoms with Crippen LogP contribution in [0.2, 0.25) is 0 Å². The number of nitrogens with one attached hydrogen (secondary N) is 2. The highest BCUT2D eigenvalue weighted by molar-refractivity contribution is 7.13. The van der Waals surface area contributed by atoms with Crippen LogP contribution in [0.1, 0.15) is 37.3 Å². The Labute approximate surface area is 145 Å². The summed E-state index contributed by atoms with van der Waals surface area (Å²) in [6, 6.07) is 1.87. The van der Waals surface area contributed by atoms with Crippen LogP contribution in [0.15, 0.2) is 23.8 Å². The second-order valence-corrected chi connectivity index (χ2v) is 6.90. The van der Waals surface area contributed by atoms with Gasteiger partial charge in [0.2, 0.25) is 0 Å². The fourth-order valence-corrected chi connectivity index (χ4v) is 3.83. The van der Waals surface area contributed by atoms with Gasteiger partial charge in [0.1, 0.15) is 5.54 Å². The molecule has 1 saturated heterocycles. The van der Waals surface area contributed by atoms with Crippen molar-refractivity contribution in [3.63, 3.8) is 0 Å². The average molecular weight is 354 g/mol. The van der Waals surface area contributed by atoms with Gasteiger partial charge in [-0.15, -0.1) is 23.7 Å². The van der Waals surface area contributed by atoms with E-state index in [2.05, 4.69) is 26.1 Å². The number of hydrogen-bond donors (Lipinski definition) is 2. The Hall–Kier alpha value is -1.44. The zero-order valence-corrected chi connectivity index (χ0v) is 14.3. The van der Waals surface area contributed by atoms with Gasteiger partial charge >= 0.3 is 0 Å². The number of nitrogens with zero attached hydrogens (tertiary/aromatic N) is 3. The Balaban J connectivity index is 0.00000156. The minimum absolute atomic E-state index is 0. The molecule has 0 radical (unpaired) electrons. The number of carbonyl (C=O) groups is 1. The molecule has 8 heteroatoms. The van der Waals surface area contributed by atoms with E-state index in [9.17, 15) is 4.79 Å². The number of rotatable bonds is 4. The number of carbonyl (C=O) groups excluding carboxylic acids is 1. The van der Waals surface area contributed by atoms with Crippen LogP contribution < -0.4 is 10.6 Å². The molecule has 1 aliphatic carbocycles. The summed E-state index contributed by atoms with van der Waals surface area (Å²) >= 11 is 1.52. The van der Waals surface area contributed by atoms with E-state index in [1.807, 2.05) is 12.3 Å². The molecule has 2 aromatic rings. The summed E-state index contributed by atoms with van der Waals surface area (Å²) in [6.45, 7) is 1.64. The largest absolute Gasteiger partial charge is 0.317 e. The van der Waals surface area contributed by atoms with Gasteiger partial charge in [-0.25, -0.2) is 4.98 Å². The molecule has 124 valence electrons. The van der Waals surface area contributed by atoms with Crippen molar-refractivity contribution in [1.29, 1.82) is 0 Å². The second kappa shape index (κ2) is 6.59. The first-order valence-corrected chi connectivity index (χ1v) is 8.64. The van der Waals surface area contributed by atoms with Crippen molar-refractivity contribution in [3.8, 4) is 0 Å². The molecule has 23 heavy (non-hydrogen) atoms. The Morgan fingerprint density at radius 2 is 2.17 bits per heavy atom. The molecule has 1 amide bonds. The lowest BCUT2D eigenvalue weighted by molar-refractivity contribution is -0.126. The van der Waals surface area contributed by atoms with Gasteiger partial charge in [-0.05, 0) is 44.8 Å². The van der Waals surface area contributed by atoms with Crippen molar-refractivity contribution >= 4 is 34.8 Å². The highest BCUT2D eigenvalue weighted by atomic mass is 35.5. The number of thiazole rings is 1. The highest BCUT2D eigenvalue weighted by Crippen LogP contribution is 2.41. The van der Waals surface area contributed by atoms with Crippen molar-refractivity contribution in [2.24, 2.45) is 0 Å². The summed E-state index contributed by atoms with van der Waals surface area (Å²) in [5.41, 5.74) is 0.513. The summed E-state index contributed by atoms with van der Waals surface area (Å²) in [6.07, 6.45) is 7.52. The van der Waals surface area contributed by atoms with Crippen LogP contribution in [0.5, 0.6) is 0 Å². The number of aromatic nitrogens is 3. The molecule has 0 spiro atoms. The quantitative estimate of drug-likeness (QED) is 0.885. The van der Waals surface area contributed by atoms with E-state index in [4.69, 9.17) is 0 Å². The van der Waals surface area contributed by atoms with Gasteiger partial charge in [-0.3, -0.25) is 14.8 Å². The van der Waals surface area contributed by atoms with Crippen LogP contribution >= 0.6 is 23.7 Å². The van der Waals surface area contributed by atoms with Crippen molar-refractivity contribution in [2.45, 2.75) is 37.1 Å². The van der Waals surface area contributed by atoms with Gasteiger partial charge in [0.15, 0.2) is 5.13 Å². The van der Waals surface area contributed by atoms with Crippen LogP contribution in [-0.2, 0) is 10.3 Å². The van der Waals surface area contributed by atoms with Crippen LogP contribution in [0, 0.1) is 0 Å². The predicted molar refractivity (Wildman–Crippen MR) is 92.3 cm³/mol. The van der Waals surface area contributed by atoms with E-state index in [0.717, 1.165) is 31.6 Å². The summed E-state index contributed by atoms with van der Waals surface area (Å²) < 4.78 is 1.80. The van der Waals surface area contributed by atoms with Crippen LogP contribution in [0.4, 0.5) is 5.13 Å². The maximum absolute atomic E-state index is 12.9. The molecule has 4 rings (SSSR count). The molecule has 1 aliphatic heterocycles. The average Bonchev–Trinajstić information content (AvgIpc) is 3.05. The zero-order valence-electron chi connectivity index (χ0n) is 12.7. The Bertz CT molecular complexity index is 661. The summed E-state index contributed by atoms with van der Waals surface area (Å²) in [7, 11) is 0. The molecule has 0 aromatic carbocycles. The van der Waals surface area contributed by atoms with Crippen molar-refractivity contribution in [3.05, 3.63) is 29.5 Å². The summed E-state index contributed by atoms with van der Waals surface area (Å²) in [4.78, 5) is 17.5. The standard InChI is InChI=1S/C15H19N5OS.ClH/c21-13(19-14-18-12(10-22-14)11-2-3-11)15(4-7-16-8-5-15)20-9-1-6-17-20;/h1,6,9-11,16H,2-5,7-8H2,(H,18,19,21);1H. The number of halogens is 1. The van der Waals surface area contributed by atoms with Gasteiger partial charge in [-0.1, -0.05) is 0 Å². The fourth-order valence-electron chi connectivity index (χ4n) is 3.05. The number of amides is 1. The second-order valence-electron chi connectivity index (χ2n) is 6.04. The van der Waals surface area contributed by atoms with E-state index >= 15 is 0 Å². The first-order valence-electron chi connectivity index (χ1n) is 7.76. The van der Waals surface area contributed by atoms with Crippen molar-refractivity contribution < 1.29 is 4.79 Å². The molecule has 0 bridgehead atoms. The maximum Gasteiger partial charge on any atom is 0.254 e. The van der Waals surface area contributed by atoms with E-state index in [1.54, 1.807) is 10.9 Å². The van der Waals surface area contributed by atoms with E-state index in [-0.39, 0.29) is 18.3 Å². The number of anilines is 1. The van der Waals surface area contributed by atoms with Crippen LogP contribution in [-0.4, -0.2) is 33.8 Å². The molecule has 0 unspecified atom stereocenters. The number of hydrogen-bond acceptors (Lipinski definition) is 5. The third-order valence-electron chi connectivity index (χ3n) is 4.53. The topological polar surface area (TPSA) is 71.8 Å². The Kier molecular flexibility index (Phi) is 4.70. The summed E-state index contributed by atoms with van der Waals surface area (Å²) in [5.74, 6) is 0.607. The lowest BCUT2D eigenvalue weighted by atomic mass is 9.87. The van der Waals surface area contributed by atoms with Crippen LogP contribution in [0.25, 0.3) is 0 Å². The normalized spacial score (nSPS) is 19.8. The number of piperidine rings is 1. The fraction of sp³-hybridized carbons (Fsp3) is 0.533. The minimum Gasteiger partial charge on any atom is -0.317 e. The minimum atomic E-state index is -0.611. The first-order chi connectivity index (χ1) is 10.8. The van der Waals surface area contributed by atoms with E-state index < -0.39 is 5.54 Å². The molecule has 6 nitrogen and oxygen atoms in total. The maximum atomic E-state index is 12.9. The van der Waals surface area contributed by atoms with Crippen molar-refractivity contribution in [2.75, 3.05) is 18.4 Å². The zero-order chi connectivity index (χ0) is 15.0. The molecular formula is C15H20ClN5OS. The van der Waals surface area contributed by atoms with E-state index in [0.29, 0.717) is 11.0 Å². The smallest absolute Gasteiger partial charge is 0.254 e. The lowest BCUT2D eigenvalue weighted by Crippen LogP contribution is -2.52. The third-order valence-corrected chi connectivity index (χ3v) is 5.31. The highest BCUT2D eigenvalue weighted by Gasteiger charge is 2.42. The van der Waals surface area contributed by atoms with Crippen LogP contribution in [0.3, 0.4) is 0 Å². The molecule has 2 aromatic heterocycles. The summed E-state index contributed by atoms with van der Waals surface area (Å²) in [5, 5.41) is 13.4. The molecule has 2 fully saturated rings. The molecule has 2 aliphatic rings. The predicted octanol–water partition coefficient (Wildman–Crippen LogP) is 2.36.